The summed E-state index contributed by atoms with van der Waals surface area (Å²) in [6.45, 7) is 6.38. The smallest absolute Gasteiger partial charge is 0.433 e. The first kappa shape index (κ1) is 25.3. The second-order valence-electron chi connectivity index (χ2n) is 8.51. The summed E-state index contributed by atoms with van der Waals surface area (Å²) in [6.07, 6.45) is 0.842. The fourth-order valence-electron chi connectivity index (χ4n) is 2.86. The van der Waals surface area contributed by atoms with E-state index in [0.29, 0.717) is 15.6 Å². The maximum absolute atomic E-state index is 12.9. The molecule has 0 aliphatic carbocycles. The molecule has 0 aliphatic rings. The van der Waals surface area contributed by atoms with E-state index in [9.17, 15) is 28.2 Å². The van der Waals surface area contributed by atoms with Gasteiger partial charge < -0.3 is 15.5 Å². The maximum Gasteiger partial charge on any atom is 0.433 e. The van der Waals surface area contributed by atoms with E-state index in [-0.39, 0.29) is 5.95 Å². The molecule has 34 heavy (non-hydrogen) atoms. The van der Waals surface area contributed by atoms with Crippen LogP contribution in [0.1, 0.15) is 37.0 Å². The number of nitrogens with zero attached hydrogens (tertiary/aromatic N) is 3. The van der Waals surface area contributed by atoms with Crippen molar-refractivity contribution in [2.24, 2.45) is 5.41 Å². The van der Waals surface area contributed by atoms with Gasteiger partial charge in [0.1, 0.15) is 16.3 Å². The fraction of sp³-hybridized carbons (Fsp3) is 0.304. The van der Waals surface area contributed by atoms with Crippen LogP contribution < -0.4 is 5.32 Å². The third-order valence-electron chi connectivity index (χ3n) is 4.88. The molecule has 0 fully saturated rings. The number of aromatic nitrogens is 3. The summed E-state index contributed by atoms with van der Waals surface area (Å²) in [5.41, 5.74) is -1.66. The minimum atomic E-state index is -4.58. The number of anilines is 2. The Morgan fingerprint density at radius 3 is 2.47 bits per heavy atom. The molecule has 3 aromatic rings. The van der Waals surface area contributed by atoms with Gasteiger partial charge in [-0.3, -0.25) is 4.79 Å². The van der Waals surface area contributed by atoms with E-state index in [0.717, 1.165) is 23.4 Å². The third kappa shape index (κ3) is 5.97. The molecule has 2 heterocycles. The lowest BCUT2D eigenvalue weighted by Gasteiger charge is -2.19. The van der Waals surface area contributed by atoms with Crippen molar-refractivity contribution >= 4 is 28.9 Å². The summed E-state index contributed by atoms with van der Waals surface area (Å²) in [5, 5.41) is 23.2. The number of alkyl halides is 3. The Hall–Kier alpha value is -3.31. The molecule has 1 unspecified atom stereocenters. The molecule has 0 saturated carbocycles. The van der Waals surface area contributed by atoms with Crippen molar-refractivity contribution in [1.82, 2.24) is 15.0 Å². The first-order valence-corrected chi connectivity index (χ1v) is 10.9. The zero-order valence-corrected chi connectivity index (χ0v) is 19.6. The first-order chi connectivity index (χ1) is 15.7. The lowest BCUT2D eigenvalue weighted by molar-refractivity contribution is -0.144. The van der Waals surface area contributed by atoms with Crippen LogP contribution in [0.3, 0.4) is 0 Å². The Morgan fingerprint density at radius 2 is 1.82 bits per heavy atom. The molecule has 11 heteroatoms. The average molecular weight is 493 g/mol. The summed E-state index contributed by atoms with van der Waals surface area (Å²) in [5.74, 6) is -1.21. The van der Waals surface area contributed by atoms with Gasteiger partial charge in [-0.15, -0.1) is 11.3 Å². The Kier molecular flexibility index (Phi) is 6.81. The van der Waals surface area contributed by atoms with Gasteiger partial charge in [-0.2, -0.15) is 13.2 Å². The summed E-state index contributed by atoms with van der Waals surface area (Å²) >= 11 is 1.21. The van der Waals surface area contributed by atoms with Crippen LogP contribution >= 0.6 is 11.3 Å². The van der Waals surface area contributed by atoms with Crippen molar-refractivity contribution in [3.05, 3.63) is 65.1 Å². The zero-order chi connectivity index (χ0) is 25.3. The van der Waals surface area contributed by atoms with Gasteiger partial charge >= 0.3 is 12.1 Å². The zero-order valence-electron chi connectivity index (χ0n) is 18.8. The van der Waals surface area contributed by atoms with E-state index in [1.807, 2.05) is 13.0 Å². The van der Waals surface area contributed by atoms with Crippen LogP contribution in [0.5, 0.6) is 0 Å². The van der Waals surface area contributed by atoms with Crippen LogP contribution in [-0.2, 0) is 16.6 Å². The highest BCUT2D eigenvalue weighted by Crippen LogP contribution is 2.35. The van der Waals surface area contributed by atoms with Crippen molar-refractivity contribution in [1.29, 1.82) is 0 Å². The highest BCUT2D eigenvalue weighted by Gasteiger charge is 2.33. The maximum atomic E-state index is 12.9. The van der Waals surface area contributed by atoms with E-state index in [1.54, 1.807) is 18.3 Å². The van der Waals surface area contributed by atoms with Gasteiger partial charge in [-0.05, 0) is 63.1 Å². The molecule has 0 amide bonds. The van der Waals surface area contributed by atoms with Crippen LogP contribution in [0.4, 0.5) is 24.8 Å². The quantitative estimate of drug-likeness (QED) is 0.371. The summed E-state index contributed by atoms with van der Waals surface area (Å²) < 4.78 is 38.8. The van der Waals surface area contributed by atoms with Crippen LogP contribution in [0.25, 0.3) is 10.4 Å². The number of aliphatic hydroxyl groups is 1. The minimum absolute atomic E-state index is 0.189. The number of halogens is 3. The van der Waals surface area contributed by atoms with Gasteiger partial charge in [-0.25, -0.2) is 15.0 Å². The highest BCUT2D eigenvalue weighted by molar-refractivity contribution is 7.15. The number of aliphatic carboxylic acids is 1. The number of carbonyl (C=O) groups is 1. The second kappa shape index (κ2) is 9.15. The molecule has 0 aliphatic heterocycles. The van der Waals surface area contributed by atoms with Crippen LogP contribution in [0.2, 0.25) is 0 Å². The topological polar surface area (TPSA) is 108 Å². The van der Waals surface area contributed by atoms with Crippen molar-refractivity contribution in [2.75, 3.05) is 5.32 Å². The predicted octanol–water partition coefficient (Wildman–Crippen LogP) is 5.55. The number of benzene rings is 1. The number of aryl methyl sites for hydroxylation is 1. The number of carboxylic acid groups (broad SMARTS) is 1. The molecule has 0 spiro atoms. The summed E-state index contributed by atoms with van der Waals surface area (Å²) in [4.78, 5) is 23.7. The number of rotatable bonds is 7. The van der Waals surface area contributed by atoms with E-state index in [2.05, 4.69) is 20.3 Å². The average Bonchev–Trinajstić information content (AvgIpc) is 3.23. The molecule has 0 saturated heterocycles. The van der Waals surface area contributed by atoms with E-state index < -0.39 is 28.9 Å². The van der Waals surface area contributed by atoms with Gasteiger partial charge in [0.25, 0.3) is 0 Å². The standard InChI is InChI=1S/C23H23F3N4O3S/c1-13-9-14(11-15(10-13)29-20-27-8-5-17(30-20)23(24,25)26)16-12-28-18(34-16)22(4,33)7-6-21(2,3)19(31)32/h5-12,33H,1-4H3,(H,31,32)(H,27,29,30). The number of carboxylic acids is 1. The third-order valence-corrected chi connectivity index (χ3v) is 6.15. The van der Waals surface area contributed by atoms with Gasteiger partial charge in [-0.1, -0.05) is 12.1 Å². The van der Waals surface area contributed by atoms with Crippen molar-refractivity contribution < 1.29 is 28.2 Å². The molecule has 1 atom stereocenters. The first-order valence-electron chi connectivity index (χ1n) is 10.1. The van der Waals surface area contributed by atoms with Crippen molar-refractivity contribution in [2.45, 2.75) is 39.5 Å². The molecule has 2 aromatic heterocycles. The number of nitrogens with one attached hydrogen (secondary N) is 1. The molecule has 3 rings (SSSR count). The SMILES string of the molecule is Cc1cc(Nc2nccc(C(F)(F)F)n2)cc(-c2cnc(C(C)(O)C=CC(C)(C)C(=O)O)s2)c1. The molecule has 1 aromatic carbocycles. The number of hydrogen-bond acceptors (Lipinski definition) is 7. The van der Waals surface area contributed by atoms with E-state index in [1.165, 1.54) is 44.3 Å². The second-order valence-corrected chi connectivity index (χ2v) is 9.54. The van der Waals surface area contributed by atoms with Crippen LogP contribution in [0.15, 0.2) is 48.8 Å². The van der Waals surface area contributed by atoms with E-state index in [4.69, 9.17) is 0 Å². The lowest BCUT2D eigenvalue weighted by Crippen LogP contribution is -2.24. The lowest BCUT2D eigenvalue weighted by atomic mass is 9.91. The van der Waals surface area contributed by atoms with E-state index >= 15 is 0 Å². The Labute approximate surface area is 198 Å². The van der Waals surface area contributed by atoms with Gasteiger partial charge in [0.05, 0.1) is 10.3 Å². The van der Waals surface area contributed by atoms with Gasteiger partial charge in [0, 0.05) is 18.1 Å². The molecule has 180 valence electrons. The minimum Gasteiger partial charge on any atom is -0.481 e. The molecule has 0 bridgehead atoms. The molecular formula is C23H23F3N4O3S. The Bertz CT molecular complexity index is 1240. The number of hydrogen-bond donors (Lipinski definition) is 3. The summed E-state index contributed by atoms with van der Waals surface area (Å²) in [7, 11) is 0. The predicted molar refractivity (Wildman–Crippen MR) is 123 cm³/mol. The largest absolute Gasteiger partial charge is 0.481 e. The molecule has 3 N–H and O–H groups in total. The fourth-order valence-corrected chi connectivity index (χ4v) is 3.79. The normalized spacial score (nSPS) is 14.2. The van der Waals surface area contributed by atoms with Gasteiger partial charge in [0.2, 0.25) is 5.95 Å². The van der Waals surface area contributed by atoms with Gasteiger partial charge in [0.15, 0.2) is 0 Å². The van der Waals surface area contributed by atoms with Crippen molar-refractivity contribution in [3.8, 4) is 10.4 Å². The highest BCUT2D eigenvalue weighted by atomic mass is 32.1. The molecule has 7 nitrogen and oxygen atoms in total. The Balaban J connectivity index is 1.87. The Morgan fingerprint density at radius 1 is 1.12 bits per heavy atom. The molecular weight excluding hydrogens is 469 g/mol. The molecule has 0 radical (unpaired) electrons. The van der Waals surface area contributed by atoms with Crippen LogP contribution in [-0.4, -0.2) is 31.1 Å². The monoisotopic (exact) mass is 492 g/mol. The number of thiazole rings is 1. The summed E-state index contributed by atoms with van der Waals surface area (Å²) in [6, 6.07) is 6.12. The van der Waals surface area contributed by atoms with Crippen LogP contribution in [0, 0.1) is 12.3 Å². The van der Waals surface area contributed by atoms with Crippen molar-refractivity contribution in [3.63, 3.8) is 0 Å².